The van der Waals surface area contributed by atoms with Crippen LogP contribution in [0.25, 0.3) is 11.0 Å². The summed E-state index contributed by atoms with van der Waals surface area (Å²) in [6.45, 7) is 2.36. The number of hydrogen-bond donors (Lipinski definition) is 0. The highest BCUT2D eigenvalue weighted by Crippen LogP contribution is 2.26. The number of hydrogen-bond acceptors (Lipinski definition) is 5. The molecule has 0 amide bonds. The van der Waals surface area contributed by atoms with E-state index in [2.05, 4.69) is 4.98 Å². The van der Waals surface area contributed by atoms with Gasteiger partial charge < -0.3 is 9.30 Å². The van der Waals surface area contributed by atoms with Gasteiger partial charge in [0, 0.05) is 12.7 Å². The molecule has 0 radical (unpaired) electrons. The van der Waals surface area contributed by atoms with Gasteiger partial charge in [0.25, 0.3) is 5.69 Å². The molecule has 0 aromatic carbocycles. The number of nitrogens with zero attached hydrogens (tertiary/aromatic N) is 3. The number of aromatic nitrogens is 2. The molecule has 0 aliphatic heterocycles. The largest absolute Gasteiger partial charge is 0.466 e. The summed E-state index contributed by atoms with van der Waals surface area (Å²) in [5.74, 6) is -0.331. The zero-order valence-corrected chi connectivity index (χ0v) is 10.4. The van der Waals surface area contributed by atoms with Crippen LogP contribution in [0.4, 0.5) is 5.69 Å². The van der Waals surface area contributed by atoms with Gasteiger partial charge in [0.15, 0.2) is 0 Å². The maximum atomic E-state index is 11.3. The number of ether oxygens (including phenoxy) is 1. The van der Waals surface area contributed by atoms with Gasteiger partial charge in [-0.3, -0.25) is 14.9 Å². The van der Waals surface area contributed by atoms with Crippen LogP contribution in [0.1, 0.15) is 13.3 Å². The van der Waals surface area contributed by atoms with Crippen molar-refractivity contribution in [1.82, 2.24) is 9.55 Å². The maximum absolute atomic E-state index is 11.3. The summed E-state index contributed by atoms with van der Waals surface area (Å²) in [5.41, 5.74) is 0.491. The average molecular weight is 263 g/mol. The van der Waals surface area contributed by atoms with Crippen molar-refractivity contribution in [3.8, 4) is 0 Å². The van der Waals surface area contributed by atoms with Crippen molar-refractivity contribution in [1.29, 1.82) is 0 Å². The minimum absolute atomic E-state index is 0.00745. The monoisotopic (exact) mass is 263 g/mol. The van der Waals surface area contributed by atoms with Crippen LogP contribution in [0.15, 0.2) is 24.5 Å². The first-order valence-corrected chi connectivity index (χ1v) is 5.87. The van der Waals surface area contributed by atoms with Crippen LogP contribution in [0, 0.1) is 10.1 Å². The fourth-order valence-electron chi connectivity index (χ4n) is 1.86. The van der Waals surface area contributed by atoms with E-state index in [-0.39, 0.29) is 18.1 Å². The summed E-state index contributed by atoms with van der Waals surface area (Å²) in [7, 11) is 0. The lowest BCUT2D eigenvalue weighted by atomic mass is 10.3. The summed E-state index contributed by atoms with van der Waals surface area (Å²) < 4.78 is 6.42. The number of rotatable bonds is 5. The van der Waals surface area contributed by atoms with Gasteiger partial charge in [0.1, 0.15) is 5.65 Å². The Balaban J connectivity index is 2.28. The summed E-state index contributed by atoms with van der Waals surface area (Å²) in [6.07, 6.45) is 3.12. The van der Waals surface area contributed by atoms with Gasteiger partial charge >= 0.3 is 5.97 Å². The van der Waals surface area contributed by atoms with E-state index in [9.17, 15) is 14.9 Å². The standard InChI is InChI=1S/C12H13N3O4/c1-2-19-11(16)5-7-14-8-10(15(17)18)9-4-3-6-13-12(9)14/h3-4,6,8H,2,5,7H2,1H3. The third kappa shape index (κ3) is 2.70. The maximum Gasteiger partial charge on any atom is 0.307 e. The zero-order chi connectivity index (χ0) is 13.8. The first-order chi connectivity index (χ1) is 9.13. The van der Waals surface area contributed by atoms with Crippen molar-refractivity contribution in [3.63, 3.8) is 0 Å². The van der Waals surface area contributed by atoms with Crippen LogP contribution in [-0.4, -0.2) is 27.1 Å². The van der Waals surface area contributed by atoms with E-state index < -0.39 is 4.92 Å². The molecule has 0 saturated carbocycles. The van der Waals surface area contributed by atoms with E-state index in [1.807, 2.05) is 0 Å². The minimum Gasteiger partial charge on any atom is -0.466 e. The third-order valence-electron chi connectivity index (χ3n) is 2.67. The number of esters is 1. The van der Waals surface area contributed by atoms with E-state index in [4.69, 9.17) is 4.74 Å². The SMILES string of the molecule is CCOC(=O)CCn1cc([N+](=O)[O-])c2cccnc21. The molecule has 2 rings (SSSR count). The van der Waals surface area contributed by atoms with E-state index in [0.29, 0.717) is 24.2 Å². The van der Waals surface area contributed by atoms with Crippen LogP contribution in [0.2, 0.25) is 0 Å². The van der Waals surface area contributed by atoms with Crippen molar-refractivity contribution in [2.24, 2.45) is 0 Å². The molecule has 0 bridgehead atoms. The molecule has 0 aliphatic rings. The molecule has 0 unspecified atom stereocenters. The highest BCUT2D eigenvalue weighted by atomic mass is 16.6. The quantitative estimate of drug-likeness (QED) is 0.467. The number of nitro groups is 1. The number of aryl methyl sites for hydroxylation is 1. The highest BCUT2D eigenvalue weighted by Gasteiger charge is 2.18. The molecule has 0 atom stereocenters. The van der Waals surface area contributed by atoms with Gasteiger partial charge in [-0.1, -0.05) is 0 Å². The predicted molar refractivity (Wildman–Crippen MR) is 67.6 cm³/mol. The van der Waals surface area contributed by atoms with E-state index in [1.54, 1.807) is 29.8 Å². The fourth-order valence-corrected chi connectivity index (χ4v) is 1.86. The third-order valence-corrected chi connectivity index (χ3v) is 2.67. The molecule has 0 aliphatic carbocycles. The summed E-state index contributed by atoms with van der Waals surface area (Å²) in [4.78, 5) is 25.9. The van der Waals surface area contributed by atoms with Crippen LogP contribution < -0.4 is 0 Å². The lowest BCUT2D eigenvalue weighted by Crippen LogP contribution is -2.08. The van der Waals surface area contributed by atoms with Crippen molar-refractivity contribution in [3.05, 3.63) is 34.6 Å². The van der Waals surface area contributed by atoms with Crippen molar-refractivity contribution < 1.29 is 14.5 Å². The Kier molecular flexibility index (Phi) is 3.74. The van der Waals surface area contributed by atoms with Crippen LogP contribution in [0.3, 0.4) is 0 Å². The smallest absolute Gasteiger partial charge is 0.307 e. The Bertz CT molecular complexity index is 620. The van der Waals surface area contributed by atoms with Gasteiger partial charge in [-0.2, -0.15) is 0 Å². The van der Waals surface area contributed by atoms with Crippen LogP contribution in [0.5, 0.6) is 0 Å². The van der Waals surface area contributed by atoms with E-state index in [0.717, 1.165) is 0 Å². The number of carbonyl (C=O) groups excluding carboxylic acids is 1. The molecular weight excluding hydrogens is 250 g/mol. The van der Waals surface area contributed by atoms with Crippen molar-refractivity contribution >= 4 is 22.7 Å². The number of fused-ring (bicyclic) bond motifs is 1. The first-order valence-electron chi connectivity index (χ1n) is 5.87. The topological polar surface area (TPSA) is 87.3 Å². The average Bonchev–Trinajstić information content (AvgIpc) is 2.76. The van der Waals surface area contributed by atoms with E-state index >= 15 is 0 Å². The van der Waals surface area contributed by atoms with E-state index in [1.165, 1.54) is 6.20 Å². The molecule has 2 heterocycles. The molecule has 19 heavy (non-hydrogen) atoms. The molecule has 7 nitrogen and oxygen atoms in total. The molecule has 100 valence electrons. The first kappa shape index (κ1) is 13.0. The van der Waals surface area contributed by atoms with Gasteiger partial charge in [-0.15, -0.1) is 0 Å². The van der Waals surface area contributed by atoms with Gasteiger partial charge in [0.2, 0.25) is 0 Å². The number of pyridine rings is 1. The van der Waals surface area contributed by atoms with Crippen molar-refractivity contribution in [2.75, 3.05) is 6.61 Å². The lowest BCUT2D eigenvalue weighted by Gasteiger charge is -2.03. The lowest BCUT2D eigenvalue weighted by molar-refractivity contribution is -0.383. The second kappa shape index (κ2) is 5.47. The molecular formula is C12H13N3O4. The molecule has 2 aromatic heterocycles. The summed E-state index contributed by atoms with van der Waals surface area (Å²) in [6, 6.07) is 3.28. The number of carbonyl (C=O) groups is 1. The molecule has 0 fully saturated rings. The molecule has 7 heteroatoms. The Morgan fingerprint density at radius 3 is 3.05 bits per heavy atom. The Hall–Kier alpha value is -2.44. The van der Waals surface area contributed by atoms with Crippen LogP contribution in [-0.2, 0) is 16.1 Å². The van der Waals surface area contributed by atoms with Crippen LogP contribution >= 0.6 is 0 Å². The molecule has 2 aromatic rings. The predicted octanol–water partition coefficient (Wildman–Crippen LogP) is 1.90. The molecule has 0 N–H and O–H groups in total. The van der Waals surface area contributed by atoms with Gasteiger partial charge in [0.05, 0.1) is 29.5 Å². The Morgan fingerprint density at radius 2 is 2.37 bits per heavy atom. The Morgan fingerprint density at radius 1 is 1.58 bits per heavy atom. The Labute approximate surface area is 109 Å². The highest BCUT2D eigenvalue weighted by molar-refractivity contribution is 5.86. The van der Waals surface area contributed by atoms with Gasteiger partial charge in [-0.25, -0.2) is 4.98 Å². The minimum atomic E-state index is -0.453. The summed E-state index contributed by atoms with van der Waals surface area (Å²) in [5, 5.41) is 11.4. The fraction of sp³-hybridized carbons (Fsp3) is 0.333. The zero-order valence-electron chi connectivity index (χ0n) is 10.4. The van der Waals surface area contributed by atoms with Crippen molar-refractivity contribution in [2.45, 2.75) is 19.9 Å². The molecule has 0 spiro atoms. The second-order valence-electron chi connectivity index (χ2n) is 3.89. The summed E-state index contributed by atoms with van der Waals surface area (Å²) >= 11 is 0. The normalized spacial score (nSPS) is 10.6. The molecule has 0 saturated heterocycles. The second-order valence-corrected chi connectivity index (χ2v) is 3.89. The van der Waals surface area contributed by atoms with Gasteiger partial charge in [-0.05, 0) is 19.1 Å².